The van der Waals surface area contributed by atoms with Gasteiger partial charge in [-0.3, -0.25) is 9.97 Å². The van der Waals surface area contributed by atoms with E-state index in [4.69, 9.17) is 0 Å². The molecule has 5 nitrogen and oxygen atoms in total. The molecule has 0 saturated carbocycles. The summed E-state index contributed by atoms with van der Waals surface area (Å²) in [6, 6.07) is 26.4. The fourth-order valence-electron chi connectivity index (χ4n) is 3.18. The second kappa shape index (κ2) is 8.98. The van der Waals surface area contributed by atoms with E-state index in [1.807, 2.05) is 72.8 Å². The van der Waals surface area contributed by atoms with E-state index in [0.29, 0.717) is 0 Å². The average molecular weight is 416 g/mol. The first kappa shape index (κ1) is 19.9. The van der Waals surface area contributed by atoms with E-state index in [1.165, 1.54) is 10.5 Å². The van der Waals surface area contributed by atoms with Crippen LogP contribution < -0.4 is 0 Å². The zero-order valence-corrected chi connectivity index (χ0v) is 17.1. The zero-order valence-electron chi connectivity index (χ0n) is 16.3. The third kappa shape index (κ3) is 4.62. The highest BCUT2D eigenvalue weighted by molar-refractivity contribution is 7.89. The summed E-state index contributed by atoms with van der Waals surface area (Å²) >= 11 is 0. The Morgan fingerprint density at radius 2 is 1.40 bits per heavy atom. The lowest BCUT2D eigenvalue weighted by atomic mass is 10.1. The van der Waals surface area contributed by atoms with Gasteiger partial charge in [0.05, 0.1) is 5.69 Å². The van der Waals surface area contributed by atoms with Crippen molar-refractivity contribution >= 4 is 10.0 Å². The molecule has 4 aromatic rings. The first-order valence-corrected chi connectivity index (χ1v) is 11.0. The molecule has 2 heterocycles. The molecule has 150 valence electrons. The summed E-state index contributed by atoms with van der Waals surface area (Å²) in [7, 11) is -3.70. The number of hydrogen-bond donors (Lipinski definition) is 0. The lowest BCUT2D eigenvalue weighted by molar-refractivity contribution is 0.401. The van der Waals surface area contributed by atoms with Crippen LogP contribution in [0.1, 0.15) is 11.1 Å². The molecule has 0 N–H and O–H groups in total. The van der Waals surface area contributed by atoms with Crippen molar-refractivity contribution in [3.05, 3.63) is 115 Å². The zero-order chi connectivity index (χ0) is 20.8. The highest BCUT2D eigenvalue weighted by Gasteiger charge is 2.25. The van der Waals surface area contributed by atoms with Crippen LogP contribution in [0.2, 0.25) is 0 Å². The fourth-order valence-corrected chi connectivity index (χ4v) is 4.56. The molecule has 0 unspecified atom stereocenters. The van der Waals surface area contributed by atoms with Crippen molar-refractivity contribution in [1.82, 2.24) is 14.3 Å². The molecule has 0 aliphatic heterocycles. The Kier molecular flexibility index (Phi) is 5.97. The van der Waals surface area contributed by atoms with E-state index >= 15 is 0 Å². The maximum Gasteiger partial charge on any atom is 0.245 e. The molecule has 2 aromatic heterocycles. The molecule has 2 aromatic carbocycles. The Hall–Kier alpha value is -3.35. The van der Waals surface area contributed by atoms with Gasteiger partial charge in [-0.05, 0) is 35.4 Å². The Labute approximate surface area is 176 Å². The number of hydrogen-bond acceptors (Lipinski definition) is 4. The minimum atomic E-state index is -3.70. The third-order valence-corrected chi connectivity index (χ3v) is 6.52. The number of benzene rings is 2. The first-order chi connectivity index (χ1) is 14.6. The van der Waals surface area contributed by atoms with Crippen molar-refractivity contribution in [2.75, 3.05) is 0 Å². The number of aromatic nitrogens is 2. The third-order valence-electron chi connectivity index (χ3n) is 4.75. The lowest BCUT2D eigenvalue weighted by Crippen LogP contribution is -2.30. The monoisotopic (exact) mass is 415 g/mol. The van der Waals surface area contributed by atoms with Crippen LogP contribution in [0.15, 0.2) is 108 Å². The van der Waals surface area contributed by atoms with E-state index in [-0.39, 0.29) is 18.0 Å². The molecule has 0 aliphatic carbocycles. The second-order valence-electron chi connectivity index (χ2n) is 6.86. The van der Waals surface area contributed by atoms with Gasteiger partial charge in [-0.2, -0.15) is 4.31 Å². The molecule has 0 spiro atoms. The Bertz CT molecular complexity index is 1180. The van der Waals surface area contributed by atoms with Gasteiger partial charge < -0.3 is 0 Å². The van der Waals surface area contributed by atoms with Crippen molar-refractivity contribution in [2.45, 2.75) is 18.0 Å². The Balaban J connectivity index is 1.63. The van der Waals surface area contributed by atoms with Gasteiger partial charge >= 0.3 is 0 Å². The fraction of sp³-hybridized carbons (Fsp3) is 0.0833. The van der Waals surface area contributed by atoms with Crippen molar-refractivity contribution in [3.8, 4) is 11.3 Å². The molecule has 4 rings (SSSR count). The van der Waals surface area contributed by atoms with Gasteiger partial charge in [0.2, 0.25) is 10.0 Å². The summed E-state index contributed by atoms with van der Waals surface area (Å²) in [4.78, 5) is 8.53. The smallest absolute Gasteiger partial charge is 0.245 e. The summed E-state index contributed by atoms with van der Waals surface area (Å²) in [5.74, 6) is 0. The maximum atomic E-state index is 13.3. The van der Waals surface area contributed by atoms with Crippen LogP contribution in [0.4, 0.5) is 0 Å². The number of pyridine rings is 2. The summed E-state index contributed by atoms with van der Waals surface area (Å²) in [5, 5.41) is 0. The molecular formula is C24H21N3O2S. The minimum absolute atomic E-state index is 0.186. The van der Waals surface area contributed by atoms with E-state index in [2.05, 4.69) is 9.97 Å². The Morgan fingerprint density at radius 1 is 0.700 bits per heavy atom. The topological polar surface area (TPSA) is 63.2 Å². The first-order valence-electron chi connectivity index (χ1n) is 9.57. The maximum absolute atomic E-state index is 13.3. The van der Waals surface area contributed by atoms with Gasteiger partial charge in [-0.1, -0.05) is 60.7 Å². The number of nitrogens with zero attached hydrogens (tertiary/aromatic N) is 3. The molecule has 0 atom stereocenters. The van der Waals surface area contributed by atoms with E-state index in [9.17, 15) is 8.42 Å². The van der Waals surface area contributed by atoms with Crippen LogP contribution in [-0.2, 0) is 23.1 Å². The molecule has 0 fully saturated rings. The van der Waals surface area contributed by atoms with Crippen molar-refractivity contribution in [2.24, 2.45) is 0 Å². The summed E-state index contributed by atoms with van der Waals surface area (Å²) < 4.78 is 28.1. The van der Waals surface area contributed by atoms with Crippen molar-refractivity contribution in [3.63, 3.8) is 0 Å². The van der Waals surface area contributed by atoms with Crippen molar-refractivity contribution < 1.29 is 8.42 Å². The van der Waals surface area contributed by atoms with Crippen molar-refractivity contribution in [1.29, 1.82) is 0 Å². The normalized spacial score (nSPS) is 11.5. The van der Waals surface area contributed by atoms with Gasteiger partial charge in [0.1, 0.15) is 4.90 Å². The molecule has 0 saturated heterocycles. The predicted molar refractivity (Wildman–Crippen MR) is 117 cm³/mol. The van der Waals surface area contributed by atoms with Crippen LogP contribution >= 0.6 is 0 Å². The Morgan fingerprint density at radius 3 is 2.03 bits per heavy atom. The largest absolute Gasteiger partial charge is 0.263 e. The van der Waals surface area contributed by atoms with Crippen LogP contribution in [0.3, 0.4) is 0 Å². The molecule has 30 heavy (non-hydrogen) atoms. The summed E-state index contributed by atoms with van der Waals surface area (Å²) in [5.41, 5.74) is 3.70. The van der Waals surface area contributed by atoms with Gasteiger partial charge in [0.15, 0.2) is 0 Å². The lowest BCUT2D eigenvalue weighted by Gasteiger charge is -2.22. The highest BCUT2D eigenvalue weighted by atomic mass is 32.2. The molecule has 0 bridgehead atoms. The van der Waals surface area contributed by atoms with Gasteiger partial charge in [-0.15, -0.1) is 0 Å². The summed E-state index contributed by atoms with van der Waals surface area (Å²) in [6.45, 7) is 0.536. The SMILES string of the molecule is O=S(=O)(c1cccnc1)N(Cc1ccccc1)Cc1ccc(-c2ccccn2)cc1. The predicted octanol–water partition coefficient (Wildman–Crippen LogP) is 4.53. The van der Waals surface area contributed by atoms with E-state index in [0.717, 1.165) is 22.4 Å². The molecule has 0 radical (unpaired) electrons. The minimum Gasteiger partial charge on any atom is -0.263 e. The second-order valence-corrected chi connectivity index (χ2v) is 8.80. The summed E-state index contributed by atoms with van der Waals surface area (Å²) in [6.07, 6.45) is 4.71. The molecular weight excluding hydrogens is 394 g/mol. The molecule has 6 heteroatoms. The average Bonchev–Trinajstić information content (AvgIpc) is 2.81. The quantitative estimate of drug-likeness (QED) is 0.445. The van der Waals surface area contributed by atoms with Crippen LogP contribution in [0.5, 0.6) is 0 Å². The number of sulfonamides is 1. The standard InChI is InChI=1S/C24H21N3O2S/c28-30(29,23-9-6-15-25-17-23)27(18-20-7-2-1-3-8-20)19-21-11-13-22(14-12-21)24-10-4-5-16-26-24/h1-17H,18-19H2. The molecule has 0 aliphatic rings. The van der Waals surface area contributed by atoms with Crippen LogP contribution in [0.25, 0.3) is 11.3 Å². The molecule has 0 amide bonds. The van der Waals surface area contributed by atoms with E-state index < -0.39 is 10.0 Å². The highest BCUT2D eigenvalue weighted by Crippen LogP contribution is 2.22. The van der Waals surface area contributed by atoms with Gasteiger partial charge in [-0.25, -0.2) is 8.42 Å². The van der Waals surface area contributed by atoms with Crippen LogP contribution in [-0.4, -0.2) is 22.7 Å². The number of rotatable bonds is 7. The van der Waals surface area contributed by atoms with Crippen LogP contribution in [0, 0.1) is 0 Å². The van der Waals surface area contributed by atoms with E-state index in [1.54, 1.807) is 24.5 Å². The van der Waals surface area contributed by atoms with Gasteiger partial charge in [0, 0.05) is 37.2 Å². The van der Waals surface area contributed by atoms with Gasteiger partial charge in [0.25, 0.3) is 0 Å².